The Bertz CT molecular complexity index is 316. The van der Waals surface area contributed by atoms with E-state index in [1.807, 2.05) is 29.5 Å². The van der Waals surface area contributed by atoms with E-state index in [1.165, 1.54) is 0 Å². The zero-order valence-electron chi connectivity index (χ0n) is 11.5. The van der Waals surface area contributed by atoms with Crippen LogP contribution >= 0.6 is 22.6 Å². The number of hydrogen-bond acceptors (Lipinski definition) is 5. The van der Waals surface area contributed by atoms with Gasteiger partial charge in [-0.1, -0.05) is 26.7 Å². The first-order valence-corrected chi connectivity index (χ1v) is 7.98. The Balaban J connectivity index is 2.38. The lowest BCUT2D eigenvalue weighted by Crippen LogP contribution is -2.43. The minimum absolute atomic E-state index is 0.186. The van der Waals surface area contributed by atoms with Gasteiger partial charge < -0.3 is 0 Å². The van der Waals surface area contributed by atoms with Crippen molar-refractivity contribution in [2.24, 2.45) is 5.92 Å². The molecule has 0 aromatic rings. The van der Waals surface area contributed by atoms with Gasteiger partial charge in [-0.3, -0.25) is 5.32 Å². The van der Waals surface area contributed by atoms with Crippen LogP contribution in [0.4, 0.5) is 0 Å². The SMILES string of the molecule is CCCCC(CC)C(=O)OOC(=O)C1(I)CCCN1. The lowest BCUT2D eigenvalue weighted by Gasteiger charge is -2.19. The quantitative estimate of drug-likeness (QED) is 0.251. The summed E-state index contributed by atoms with van der Waals surface area (Å²) in [5.41, 5.74) is 0. The molecule has 1 fully saturated rings. The molecule has 0 radical (unpaired) electrons. The fourth-order valence-corrected chi connectivity index (χ4v) is 2.77. The summed E-state index contributed by atoms with van der Waals surface area (Å²) in [6.45, 7) is 4.78. The molecule has 5 nitrogen and oxygen atoms in total. The molecular weight excluding hydrogens is 361 g/mol. The molecule has 1 aliphatic heterocycles. The van der Waals surface area contributed by atoms with Crippen molar-refractivity contribution in [3.05, 3.63) is 0 Å². The number of unbranched alkanes of at least 4 members (excludes halogenated alkanes) is 1. The molecule has 0 bridgehead atoms. The Labute approximate surface area is 127 Å². The second kappa shape index (κ2) is 8.04. The molecule has 0 saturated carbocycles. The standard InChI is InChI=1S/C13H22INO4/c1-3-5-7-10(4-2)11(16)18-19-12(17)13(14)8-6-9-15-13/h10,15H,3-9H2,1-2H3. The fraction of sp³-hybridized carbons (Fsp3) is 0.846. The summed E-state index contributed by atoms with van der Waals surface area (Å²) >= 11 is 2.01. The summed E-state index contributed by atoms with van der Waals surface area (Å²) in [5, 5.41) is 3.05. The molecule has 1 heterocycles. The third-order valence-corrected chi connectivity index (χ3v) is 4.72. The molecule has 6 heteroatoms. The van der Waals surface area contributed by atoms with Crippen molar-refractivity contribution in [3.63, 3.8) is 0 Å². The molecule has 0 spiro atoms. The summed E-state index contributed by atoms with van der Waals surface area (Å²) in [6.07, 6.45) is 5.09. The van der Waals surface area contributed by atoms with Crippen molar-refractivity contribution in [2.75, 3.05) is 6.54 Å². The van der Waals surface area contributed by atoms with Gasteiger partial charge in [0.2, 0.25) is 0 Å². The second-order valence-corrected chi connectivity index (χ2v) is 6.69. The third-order valence-electron chi connectivity index (χ3n) is 3.36. The number of rotatable bonds is 6. The van der Waals surface area contributed by atoms with Gasteiger partial charge in [0.25, 0.3) is 0 Å². The van der Waals surface area contributed by atoms with E-state index in [1.54, 1.807) is 0 Å². The lowest BCUT2D eigenvalue weighted by atomic mass is 10.00. The molecule has 0 amide bonds. The summed E-state index contributed by atoms with van der Waals surface area (Å²) in [4.78, 5) is 33.0. The molecule has 2 atom stereocenters. The number of hydrogen-bond donors (Lipinski definition) is 1. The highest BCUT2D eigenvalue weighted by Gasteiger charge is 2.41. The van der Waals surface area contributed by atoms with Crippen molar-refractivity contribution >= 4 is 34.5 Å². The second-order valence-electron chi connectivity index (χ2n) is 4.85. The van der Waals surface area contributed by atoms with E-state index in [9.17, 15) is 9.59 Å². The van der Waals surface area contributed by atoms with Crippen molar-refractivity contribution in [2.45, 2.75) is 55.9 Å². The Morgan fingerprint density at radius 3 is 2.63 bits per heavy atom. The average Bonchev–Trinajstić information content (AvgIpc) is 2.85. The molecule has 19 heavy (non-hydrogen) atoms. The van der Waals surface area contributed by atoms with Crippen LogP contribution in [0.1, 0.15) is 52.4 Å². The fourth-order valence-electron chi connectivity index (χ4n) is 2.03. The Kier molecular flexibility index (Phi) is 7.06. The van der Waals surface area contributed by atoms with E-state index in [4.69, 9.17) is 9.78 Å². The van der Waals surface area contributed by atoms with Gasteiger partial charge in [-0.2, -0.15) is 0 Å². The van der Waals surface area contributed by atoms with Gasteiger partial charge in [-0.05, 0) is 54.8 Å². The normalized spacial score (nSPS) is 23.9. The molecule has 110 valence electrons. The van der Waals surface area contributed by atoms with E-state index >= 15 is 0 Å². The maximum absolute atomic E-state index is 11.8. The summed E-state index contributed by atoms with van der Waals surface area (Å²) in [6, 6.07) is 0. The average molecular weight is 383 g/mol. The van der Waals surface area contributed by atoms with Crippen LogP contribution in [-0.2, 0) is 19.4 Å². The van der Waals surface area contributed by atoms with Gasteiger partial charge in [-0.25, -0.2) is 19.4 Å². The number of carbonyl (C=O) groups is 2. The molecule has 0 aromatic carbocycles. The monoisotopic (exact) mass is 383 g/mol. The summed E-state index contributed by atoms with van der Waals surface area (Å²) < 4.78 is -0.747. The minimum atomic E-state index is -0.747. The molecule has 1 N–H and O–H groups in total. The van der Waals surface area contributed by atoms with Crippen LogP contribution in [0, 0.1) is 5.92 Å². The Morgan fingerprint density at radius 2 is 2.11 bits per heavy atom. The lowest BCUT2D eigenvalue weighted by molar-refractivity contribution is -0.264. The van der Waals surface area contributed by atoms with E-state index in [0.29, 0.717) is 12.8 Å². The molecular formula is C13H22INO4. The van der Waals surface area contributed by atoms with Crippen LogP contribution in [-0.4, -0.2) is 22.0 Å². The smallest absolute Gasteiger partial charge is 0.294 e. The number of halogens is 1. The van der Waals surface area contributed by atoms with E-state index in [2.05, 4.69) is 12.2 Å². The molecule has 1 saturated heterocycles. The van der Waals surface area contributed by atoms with E-state index < -0.39 is 15.5 Å². The number of carbonyl (C=O) groups excluding carboxylic acids is 2. The summed E-state index contributed by atoms with van der Waals surface area (Å²) in [7, 11) is 0. The van der Waals surface area contributed by atoms with Crippen molar-refractivity contribution in [1.82, 2.24) is 5.32 Å². The maximum Gasteiger partial charge on any atom is 0.385 e. The van der Waals surface area contributed by atoms with Crippen molar-refractivity contribution in [3.8, 4) is 0 Å². The van der Waals surface area contributed by atoms with Gasteiger partial charge in [0.15, 0.2) is 3.55 Å². The van der Waals surface area contributed by atoms with Crippen molar-refractivity contribution < 1.29 is 19.4 Å². The first kappa shape index (κ1) is 16.7. The highest BCUT2D eigenvalue weighted by Crippen LogP contribution is 2.28. The maximum atomic E-state index is 11.8. The minimum Gasteiger partial charge on any atom is -0.294 e. The van der Waals surface area contributed by atoms with Gasteiger partial charge in [0, 0.05) is 0 Å². The topological polar surface area (TPSA) is 64.6 Å². The van der Waals surface area contributed by atoms with Gasteiger partial charge >= 0.3 is 11.9 Å². The van der Waals surface area contributed by atoms with Crippen molar-refractivity contribution in [1.29, 1.82) is 0 Å². The zero-order valence-corrected chi connectivity index (χ0v) is 13.7. The highest BCUT2D eigenvalue weighted by molar-refractivity contribution is 14.1. The molecule has 0 aromatic heterocycles. The Morgan fingerprint density at radius 1 is 1.37 bits per heavy atom. The zero-order chi connectivity index (χ0) is 14.3. The van der Waals surface area contributed by atoms with Gasteiger partial charge in [-0.15, -0.1) is 0 Å². The highest BCUT2D eigenvalue weighted by atomic mass is 127. The molecule has 2 unspecified atom stereocenters. The predicted octanol–water partition coefficient (Wildman–Crippen LogP) is 2.72. The van der Waals surface area contributed by atoms with Gasteiger partial charge in [0.1, 0.15) is 0 Å². The molecule has 1 rings (SSSR count). The number of nitrogens with one attached hydrogen (secondary N) is 1. The van der Waals surface area contributed by atoms with E-state index in [-0.39, 0.29) is 5.92 Å². The predicted molar refractivity (Wildman–Crippen MR) is 79.5 cm³/mol. The van der Waals surface area contributed by atoms with Crippen LogP contribution in [0.5, 0.6) is 0 Å². The van der Waals surface area contributed by atoms with Crippen LogP contribution in [0.2, 0.25) is 0 Å². The third kappa shape index (κ3) is 4.91. The molecule has 1 aliphatic rings. The first-order valence-electron chi connectivity index (χ1n) is 6.90. The first-order chi connectivity index (χ1) is 9.03. The van der Waals surface area contributed by atoms with Gasteiger partial charge in [0.05, 0.1) is 5.92 Å². The largest absolute Gasteiger partial charge is 0.385 e. The van der Waals surface area contributed by atoms with E-state index in [0.717, 1.165) is 32.2 Å². The Hall–Kier alpha value is -0.370. The molecule has 0 aliphatic carbocycles. The van der Waals surface area contributed by atoms with Crippen LogP contribution in [0.3, 0.4) is 0 Å². The van der Waals surface area contributed by atoms with Crippen LogP contribution < -0.4 is 5.32 Å². The summed E-state index contributed by atoms with van der Waals surface area (Å²) in [5.74, 6) is -1.15. The van der Waals surface area contributed by atoms with Crippen LogP contribution in [0.25, 0.3) is 0 Å². The number of alkyl halides is 1. The van der Waals surface area contributed by atoms with Crippen LogP contribution in [0.15, 0.2) is 0 Å².